The molecule has 0 aliphatic carbocycles. The van der Waals surface area contributed by atoms with E-state index in [1.165, 1.54) is 0 Å². The van der Waals surface area contributed by atoms with Gasteiger partial charge in [-0.25, -0.2) is 4.98 Å². The van der Waals surface area contributed by atoms with E-state index in [1.807, 2.05) is 54.6 Å². The number of para-hydroxylation sites is 1. The molecule has 1 aromatic heterocycles. The number of fused-ring (bicyclic) bond motifs is 1. The summed E-state index contributed by atoms with van der Waals surface area (Å²) in [6.07, 6.45) is 3.43. The number of methoxy groups -OCH3 is 1. The van der Waals surface area contributed by atoms with Gasteiger partial charge in [0, 0.05) is 24.0 Å². The molecule has 0 N–H and O–H groups in total. The standard InChI is InChI=1S/C23H22N2O2/c1-4-14-25(15-5-2)23(26)20-16-22(17-10-12-18(27-3)13-11-17)24-21-9-7-6-8-19(20)21/h4-13,16H,1-2,14-15H2,3H3. The van der Waals surface area contributed by atoms with Gasteiger partial charge in [-0.2, -0.15) is 0 Å². The normalized spacial score (nSPS) is 10.4. The number of benzene rings is 2. The van der Waals surface area contributed by atoms with Crippen molar-refractivity contribution in [3.05, 3.63) is 85.5 Å². The van der Waals surface area contributed by atoms with Crippen LogP contribution in [0.4, 0.5) is 0 Å². The van der Waals surface area contributed by atoms with Gasteiger partial charge in [0.2, 0.25) is 0 Å². The van der Waals surface area contributed by atoms with Crippen molar-refractivity contribution in [1.29, 1.82) is 0 Å². The molecule has 3 rings (SSSR count). The lowest BCUT2D eigenvalue weighted by atomic mass is 10.0. The molecule has 0 fully saturated rings. The maximum Gasteiger partial charge on any atom is 0.255 e. The molecule has 0 saturated heterocycles. The zero-order valence-electron chi connectivity index (χ0n) is 15.4. The third-order valence-electron chi connectivity index (χ3n) is 4.32. The molecule has 4 nitrogen and oxygen atoms in total. The van der Waals surface area contributed by atoms with Crippen molar-refractivity contribution in [1.82, 2.24) is 9.88 Å². The summed E-state index contributed by atoms with van der Waals surface area (Å²) in [5.41, 5.74) is 3.08. The molecule has 136 valence electrons. The van der Waals surface area contributed by atoms with E-state index >= 15 is 0 Å². The van der Waals surface area contributed by atoms with Crippen molar-refractivity contribution < 1.29 is 9.53 Å². The maximum atomic E-state index is 13.2. The van der Waals surface area contributed by atoms with Crippen molar-refractivity contribution >= 4 is 16.8 Å². The zero-order chi connectivity index (χ0) is 19.2. The molecule has 1 amide bonds. The fraction of sp³-hybridized carbons (Fsp3) is 0.130. The summed E-state index contributed by atoms with van der Waals surface area (Å²) in [4.78, 5) is 19.7. The molecule has 4 heteroatoms. The van der Waals surface area contributed by atoms with Gasteiger partial charge in [-0.3, -0.25) is 4.79 Å². The minimum absolute atomic E-state index is 0.0665. The highest BCUT2D eigenvalue weighted by molar-refractivity contribution is 6.07. The Morgan fingerprint density at radius 3 is 2.37 bits per heavy atom. The van der Waals surface area contributed by atoms with Crippen molar-refractivity contribution in [2.45, 2.75) is 0 Å². The number of carbonyl (C=O) groups excluding carboxylic acids is 1. The first-order chi connectivity index (χ1) is 13.2. The van der Waals surface area contributed by atoms with Crippen LogP contribution in [0.3, 0.4) is 0 Å². The summed E-state index contributed by atoms with van der Waals surface area (Å²) in [6.45, 7) is 8.42. The van der Waals surface area contributed by atoms with Gasteiger partial charge in [-0.15, -0.1) is 13.2 Å². The first-order valence-electron chi connectivity index (χ1n) is 8.73. The number of hydrogen-bond acceptors (Lipinski definition) is 3. The van der Waals surface area contributed by atoms with Crippen LogP contribution in [0.15, 0.2) is 79.9 Å². The summed E-state index contributed by atoms with van der Waals surface area (Å²) in [5, 5.41) is 0.831. The highest BCUT2D eigenvalue weighted by Gasteiger charge is 2.18. The van der Waals surface area contributed by atoms with Gasteiger partial charge in [-0.1, -0.05) is 30.4 Å². The lowest BCUT2D eigenvalue weighted by Crippen LogP contribution is -2.31. The Kier molecular flexibility index (Phi) is 5.67. The monoisotopic (exact) mass is 358 g/mol. The van der Waals surface area contributed by atoms with Gasteiger partial charge >= 0.3 is 0 Å². The highest BCUT2D eigenvalue weighted by atomic mass is 16.5. The summed E-state index contributed by atoms with van der Waals surface area (Å²) < 4.78 is 5.22. The Balaban J connectivity index is 2.13. The van der Waals surface area contributed by atoms with Crippen LogP contribution in [-0.4, -0.2) is 36.0 Å². The second kappa shape index (κ2) is 8.32. The lowest BCUT2D eigenvalue weighted by molar-refractivity contribution is 0.0793. The van der Waals surface area contributed by atoms with Crippen LogP contribution in [0.5, 0.6) is 5.75 Å². The average molecular weight is 358 g/mol. The number of nitrogens with zero attached hydrogens (tertiary/aromatic N) is 2. The van der Waals surface area contributed by atoms with Crippen LogP contribution < -0.4 is 4.74 Å². The second-order valence-electron chi connectivity index (χ2n) is 6.09. The van der Waals surface area contributed by atoms with Crippen LogP contribution in [0.1, 0.15) is 10.4 Å². The summed E-state index contributed by atoms with van der Waals surface area (Å²) >= 11 is 0. The van der Waals surface area contributed by atoms with Gasteiger partial charge in [0.15, 0.2) is 0 Å². The van der Waals surface area contributed by atoms with E-state index in [0.717, 1.165) is 27.9 Å². The first-order valence-corrected chi connectivity index (χ1v) is 8.73. The van der Waals surface area contributed by atoms with Crippen LogP contribution in [0.2, 0.25) is 0 Å². The van der Waals surface area contributed by atoms with Crippen molar-refractivity contribution in [3.63, 3.8) is 0 Å². The smallest absolute Gasteiger partial charge is 0.255 e. The van der Waals surface area contributed by atoms with Crippen molar-refractivity contribution in [2.24, 2.45) is 0 Å². The van der Waals surface area contributed by atoms with Gasteiger partial charge in [0.1, 0.15) is 5.75 Å². The molecular formula is C23H22N2O2. The molecule has 0 atom stereocenters. The Morgan fingerprint density at radius 2 is 1.74 bits per heavy atom. The maximum absolute atomic E-state index is 13.2. The number of pyridine rings is 1. The topological polar surface area (TPSA) is 42.4 Å². The summed E-state index contributed by atoms with van der Waals surface area (Å²) in [7, 11) is 1.63. The Bertz CT molecular complexity index is 967. The molecule has 0 aliphatic rings. The molecule has 0 radical (unpaired) electrons. The number of aromatic nitrogens is 1. The van der Waals surface area contributed by atoms with E-state index < -0.39 is 0 Å². The van der Waals surface area contributed by atoms with Gasteiger partial charge in [0.05, 0.1) is 23.9 Å². The fourth-order valence-corrected chi connectivity index (χ4v) is 2.98. The molecule has 0 bridgehead atoms. The van der Waals surface area contributed by atoms with E-state index in [9.17, 15) is 4.79 Å². The minimum atomic E-state index is -0.0665. The molecule has 0 aliphatic heterocycles. The van der Waals surface area contributed by atoms with E-state index in [4.69, 9.17) is 9.72 Å². The van der Waals surface area contributed by atoms with E-state index in [1.54, 1.807) is 24.2 Å². The highest BCUT2D eigenvalue weighted by Crippen LogP contribution is 2.27. The predicted octanol–water partition coefficient (Wildman–Crippen LogP) is 4.72. The van der Waals surface area contributed by atoms with Crippen LogP contribution in [0, 0.1) is 0 Å². The number of amides is 1. The lowest BCUT2D eigenvalue weighted by Gasteiger charge is -2.20. The molecule has 0 unspecified atom stereocenters. The number of rotatable bonds is 7. The number of carbonyl (C=O) groups is 1. The van der Waals surface area contributed by atoms with Crippen LogP contribution >= 0.6 is 0 Å². The zero-order valence-corrected chi connectivity index (χ0v) is 15.4. The summed E-state index contributed by atoms with van der Waals surface area (Å²) in [6, 6.07) is 17.2. The number of hydrogen-bond donors (Lipinski definition) is 0. The molecule has 0 spiro atoms. The van der Waals surface area contributed by atoms with Crippen molar-refractivity contribution in [2.75, 3.05) is 20.2 Å². The molecule has 3 aromatic rings. The first kappa shape index (κ1) is 18.4. The minimum Gasteiger partial charge on any atom is -0.497 e. The molecule has 0 saturated carbocycles. The average Bonchev–Trinajstić information content (AvgIpc) is 2.72. The fourth-order valence-electron chi connectivity index (χ4n) is 2.98. The molecular weight excluding hydrogens is 336 g/mol. The van der Waals surface area contributed by atoms with E-state index in [2.05, 4.69) is 13.2 Å². The Morgan fingerprint density at radius 1 is 1.07 bits per heavy atom. The predicted molar refractivity (Wildman–Crippen MR) is 110 cm³/mol. The van der Waals surface area contributed by atoms with Crippen LogP contribution in [-0.2, 0) is 0 Å². The SMILES string of the molecule is C=CCN(CC=C)C(=O)c1cc(-c2ccc(OC)cc2)nc2ccccc12. The number of ether oxygens (including phenoxy) is 1. The largest absolute Gasteiger partial charge is 0.497 e. The van der Waals surface area contributed by atoms with E-state index in [0.29, 0.717) is 18.7 Å². The Labute approximate surface area is 159 Å². The van der Waals surface area contributed by atoms with Crippen molar-refractivity contribution in [3.8, 4) is 17.0 Å². The third-order valence-corrected chi connectivity index (χ3v) is 4.32. The van der Waals surface area contributed by atoms with E-state index in [-0.39, 0.29) is 5.91 Å². The van der Waals surface area contributed by atoms with Gasteiger partial charge in [0.25, 0.3) is 5.91 Å². The quantitative estimate of drug-likeness (QED) is 0.574. The molecule has 27 heavy (non-hydrogen) atoms. The Hall–Kier alpha value is -3.40. The third kappa shape index (κ3) is 3.90. The molecule has 2 aromatic carbocycles. The summed E-state index contributed by atoms with van der Waals surface area (Å²) in [5.74, 6) is 0.710. The van der Waals surface area contributed by atoms with Crippen LogP contribution in [0.25, 0.3) is 22.2 Å². The molecule has 1 heterocycles. The van der Waals surface area contributed by atoms with Gasteiger partial charge in [-0.05, 0) is 36.4 Å². The second-order valence-corrected chi connectivity index (χ2v) is 6.09. The van der Waals surface area contributed by atoms with Gasteiger partial charge < -0.3 is 9.64 Å².